The van der Waals surface area contributed by atoms with E-state index < -0.39 is 0 Å². The fourth-order valence-electron chi connectivity index (χ4n) is 2.10. The molecule has 0 bridgehead atoms. The zero-order valence-electron chi connectivity index (χ0n) is 10.9. The molecule has 0 fully saturated rings. The van der Waals surface area contributed by atoms with Gasteiger partial charge >= 0.3 is 0 Å². The lowest BCUT2D eigenvalue weighted by atomic mass is 10.3. The van der Waals surface area contributed by atoms with Crippen LogP contribution in [0.1, 0.15) is 0 Å². The van der Waals surface area contributed by atoms with Crippen molar-refractivity contribution in [3.8, 4) is 0 Å². The Kier molecular flexibility index (Phi) is 3.52. The summed E-state index contributed by atoms with van der Waals surface area (Å²) >= 11 is 1.70. The molecule has 3 rings (SSSR count). The highest BCUT2D eigenvalue weighted by atomic mass is 32.2. The van der Waals surface area contributed by atoms with Gasteiger partial charge in [-0.3, -0.25) is 4.79 Å². The molecule has 3 aromatic rings. The summed E-state index contributed by atoms with van der Waals surface area (Å²) in [6.07, 6.45) is 1.69. The number of rotatable bonds is 4. The number of nitrogen functional groups attached to an aromatic ring is 1. The molecule has 0 saturated heterocycles. The Morgan fingerprint density at radius 1 is 1.20 bits per heavy atom. The van der Waals surface area contributed by atoms with Crippen molar-refractivity contribution < 1.29 is 0 Å². The highest BCUT2D eigenvalue weighted by Crippen LogP contribution is 2.23. The Morgan fingerprint density at radius 3 is 2.90 bits per heavy atom. The summed E-state index contributed by atoms with van der Waals surface area (Å²) in [6.45, 7) is 0.643. The summed E-state index contributed by atoms with van der Waals surface area (Å²) < 4.78 is 1.64. The van der Waals surface area contributed by atoms with Gasteiger partial charge in [-0.2, -0.15) is 0 Å². The molecular weight excluding hydrogens is 270 g/mol. The van der Waals surface area contributed by atoms with Crippen LogP contribution >= 0.6 is 11.8 Å². The summed E-state index contributed by atoms with van der Waals surface area (Å²) in [5.74, 6) is 0.816. The molecule has 0 amide bonds. The molecule has 0 unspecified atom stereocenters. The van der Waals surface area contributed by atoms with E-state index in [9.17, 15) is 4.79 Å². The van der Waals surface area contributed by atoms with Crippen molar-refractivity contribution in [2.45, 2.75) is 11.6 Å². The molecule has 3 N–H and O–H groups in total. The minimum atomic E-state index is -0.0172. The number of aryl methyl sites for hydroxylation is 1. The number of anilines is 1. The number of pyridine rings is 1. The number of fused-ring (bicyclic) bond motifs is 1. The normalized spacial score (nSPS) is 11.0. The van der Waals surface area contributed by atoms with Crippen molar-refractivity contribution in [3.63, 3.8) is 0 Å². The SMILES string of the molecule is Nc1ccc(=O)n(CCSc2cc3ccccc3[nH]2)c1. The molecule has 0 atom stereocenters. The highest BCUT2D eigenvalue weighted by Gasteiger charge is 2.01. The number of aromatic amines is 1. The summed E-state index contributed by atoms with van der Waals surface area (Å²) in [4.78, 5) is 15.0. The van der Waals surface area contributed by atoms with Crippen LogP contribution in [0.4, 0.5) is 5.69 Å². The van der Waals surface area contributed by atoms with Crippen LogP contribution in [0.5, 0.6) is 0 Å². The second-order valence-electron chi connectivity index (χ2n) is 4.56. The maximum atomic E-state index is 11.6. The van der Waals surface area contributed by atoms with E-state index in [0.717, 1.165) is 16.3 Å². The summed E-state index contributed by atoms with van der Waals surface area (Å²) in [5.41, 5.74) is 7.42. The van der Waals surface area contributed by atoms with Gasteiger partial charge in [0.25, 0.3) is 5.56 Å². The first-order valence-corrected chi connectivity index (χ1v) is 7.37. The molecular formula is C15H15N3OS. The van der Waals surface area contributed by atoms with Crippen LogP contribution in [0.2, 0.25) is 0 Å². The maximum Gasteiger partial charge on any atom is 0.250 e. The van der Waals surface area contributed by atoms with Crippen LogP contribution in [-0.4, -0.2) is 15.3 Å². The van der Waals surface area contributed by atoms with Crippen molar-refractivity contribution in [1.82, 2.24) is 9.55 Å². The third-order valence-corrected chi connectivity index (χ3v) is 4.02. The summed E-state index contributed by atoms with van der Waals surface area (Å²) in [7, 11) is 0. The first-order valence-electron chi connectivity index (χ1n) is 6.39. The molecule has 2 heterocycles. The minimum absolute atomic E-state index is 0.0172. The molecule has 0 spiro atoms. The van der Waals surface area contributed by atoms with Crippen molar-refractivity contribution >= 4 is 28.4 Å². The van der Waals surface area contributed by atoms with E-state index in [4.69, 9.17) is 5.73 Å². The monoisotopic (exact) mass is 285 g/mol. The molecule has 102 valence electrons. The molecule has 20 heavy (non-hydrogen) atoms. The second kappa shape index (κ2) is 5.46. The minimum Gasteiger partial charge on any atom is -0.398 e. The number of hydrogen-bond donors (Lipinski definition) is 2. The molecule has 1 aromatic carbocycles. The van der Waals surface area contributed by atoms with E-state index in [1.165, 1.54) is 11.5 Å². The predicted molar refractivity (Wildman–Crippen MR) is 84.1 cm³/mol. The van der Waals surface area contributed by atoms with E-state index >= 15 is 0 Å². The molecule has 0 aliphatic heterocycles. The first kappa shape index (κ1) is 12.9. The second-order valence-corrected chi connectivity index (χ2v) is 5.70. The van der Waals surface area contributed by atoms with Gasteiger partial charge in [0, 0.05) is 41.2 Å². The van der Waals surface area contributed by atoms with Gasteiger partial charge in [-0.05, 0) is 18.2 Å². The van der Waals surface area contributed by atoms with Crippen molar-refractivity contribution in [1.29, 1.82) is 0 Å². The summed E-state index contributed by atoms with van der Waals surface area (Å²) in [6, 6.07) is 13.4. The molecule has 2 aromatic heterocycles. The Hall–Kier alpha value is -2.14. The topological polar surface area (TPSA) is 63.8 Å². The Morgan fingerprint density at radius 2 is 2.05 bits per heavy atom. The van der Waals surface area contributed by atoms with Crippen LogP contribution in [0, 0.1) is 0 Å². The smallest absolute Gasteiger partial charge is 0.250 e. The molecule has 4 nitrogen and oxygen atoms in total. The van der Waals surface area contributed by atoms with Gasteiger partial charge in [0.2, 0.25) is 0 Å². The fraction of sp³-hybridized carbons (Fsp3) is 0.133. The number of para-hydroxylation sites is 1. The van der Waals surface area contributed by atoms with Crippen LogP contribution < -0.4 is 11.3 Å². The molecule has 0 radical (unpaired) electrons. The van der Waals surface area contributed by atoms with Crippen molar-refractivity contribution in [2.75, 3.05) is 11.5 Å². The largest absolute Gasteiger partial charge is 0.398 e. The lowest BCUT2D eigenvalue weighted by Crippen LogP contribution is -2.19. The van der Waals surface area contributed by atoms with Crippen molar-refractivity contribution in [3.05, 3.63) is 59.0 Å². The van der Waals surface area contributed by atoms with Gasteiger partial charge in [-0.25, -0.2) is 0 Å². The van der Waals surface area contributed by atoms with E-state index in [1.807, 2.05) is 12.1 Å². The third kappa shape index (κ3) is 2.72. The number of thioether (sulfide) groups is 1. The van der Waals surface area contributed by atoms with Gasteiger partial charge < -0.3 is 15.3 Å². The Labute approximate surface area is 120 Å². The summed E-state index contributed by atoms with van der Waals surface area (Å²) in [5, 5.41) is 2.32. The lowest BCUT2D eigenvalue weighted by Gasteiger charge is -2.05. The van der Waals surface area contributed by atoms with E-state index in [-0.39, 0.29) is 5.56 Å². The average molecular weight is 285 g/mol. The number of H-pyrrole nitrogens is 1. The molecule has 0 aliphatic rings. The zero-order chi connectivity index (χ0) is 13.9. The molecule has 0 aliphatic carbocycles. The number of nitrogens with one attached hydrogen (secondary N) is 1. The average Bonchev–Trinajstić information content (AvgIpc) is 2.85. The number of nitrogens with two attached hydrogens (primary N) is 1. The third-order valence-electron chi connectivity index (χ3n) is 3.10. The van der Waals surface area contributed by atoms with Gasteiger partial charge in [0.05, 0.1) is 5.03 Å². The standard InChI is InChI=1S/C15H15N3OS/c16-12-5-6-15(19)18(10-12)7-8-20-14-9-11-3-1-2-4-13(11)17-14/h1-6,9-10,17H,7-8,16H2. The van der Waals surface area contributed by atoms with Crippen molar-refractivity contribution in [2.24, 2.45) is 0 Å². The van der Waals surface area contributed by atoms with E-state index in [1.54, 1.807) is 28.6 Å². The number of hydrogen-bond acceptors (Lipinski definition) is 3. The Bertz CT molecular complexity index is 758. The quantitative estimate of drug-likeness (QED) is 0.724. The van der Waals surface area contributed by atoms with Gasteiger partial charge in [0.1, 0.15) is 0 Å². The van der Waals surface area contributed by atoms with Crippen LogP contribution in [0.3, 0.4) is 0 Å². The fourth-order valence-corrected chi connectivity index (χ4v) is 3.00. The predicted octanol–water partition coefficient (Wildman–Crippen LogP) is 2.70. The van der Waals surface area contributed by atoms with Crippen LogP contribution in [0.15, 0.2) is 58.5 Å². The number of nitrogens with zero attached hydrogens (tertiary/aromatic N) is 1. The van der Waals surface area contributed by atoms with E-state index in [2.05, 4.69) is 23.2 Å². The van der Waals surface area contributed by atoms with Crippen LogP contribution in [0.25, 0.3) is 10.9 Å². The molecule has 5 heteroatoms. The van der Waals surface area contributed by atoms with Gasteiger partial charge in [-0.1, -0.05) is 18.2 Å². The zero-order valence-corrected chi connectivity index (χ0v) is 11.7. The lowest BCUT2D eigenvalue weighted by molar-refractivity contribution is 0.737. The van der Waals surface area contributed by atoms with E-state index in [0.29, 0.717) is 12.2 Å². The number of benzene rings is 1. The number of aromatic nitrogens is 2. The first-order chi connectivity index (χ1) is 9.72. The van der Waals surface area contributed by atoms with Gasteiger partial charge in [0.15, 0.2) is 0 Å². The highest BCUT2D eigenvalue weighted by molar-refractivity contribution is 7.99. The Balaban J connectivity index is 1.67. The van der Waals surface area contributed by atoms with Gasteiger partial charge in [-0.15, -0.1) is 11.8 Å². The molecule has 0 saturated carbocycles. The maximum absolute atomic E-state index is 11.6. The van der Waals surface area contributed by atoms with Crippen LogP contribution in [-0.2, 0) is 6.54 Å².